The SMILES string of the molecule is Cc1cc(N)ccc1Nc1ccc(C#N)c(C(F)(F)F)c1. The van der Waals surface area contributed by atoms with E-state index in [4.69, 9.17) is 11.0 Å². The van der Waals surface area contributed by atoms with E-state index in [1.54, 1.807) is 31.2 Å². The Bertz CT molecular complexity index is 715. The van der Waals surface area contributed by atoms with Gasteiger partial charge in [-0.05, 0) is 48.9 Å². The normalized spacial score (nSPS) is 11.0. The maximum Gasteiger partial charge on any atom is 0.417 e. The number of nitrogen functional groups attached to an aromatic ring is 1. The zero-order chi connectivity index (χ0) is 15.6. The van der Waals surface area contributed by atoms with Gasteiger partial charge < -0.3 is 11.1 Å². The third kappa shape index (κ3) is 3.26. The van der Waals surface area contributed by atoms with E-state index in [9.17, 15) is 13.2 Å². The molecule has 6 heteroatoms. The highest BCUT2D eigenvalue weighted by molar-refractivity contribution is 5.67. The minimum absolute atomic E-state index is 0.259. The Balaban J connectivity index is 2.40. The molecule has 0 aliphatic carbocycles. The highest BCUT2D eigenvalue weighted by Crippen LogP contribution is 2.34. The van der Waals surface area contributed by atoms with Crippen LogP contribution < -0.4 is 11.1 Å². The van der Waals surface area contributed by atoms with Crippen LogP contribution in [0.4, 0.5) is 30.2 Å². The van der Waals surface area contributed by atoms with Crippen LogP contribution in [-0.2, 0) is 6.18 Å². The molecular weight excluding hydrogens is 279 g/mol. The smallest absolute Gasteiger partial charge is 0.399 e. The number of alkyl halides is 3. The Morgan fingerprint density at radius 1 is 1.14 bits per heavy atom. The number of aryl methyl sites for hydroxylation is 1. The summed E-state index contributed by atoms with van der Waals surface area (Å²) in [5.74, 6) is 0. The van der Waals surface area contributed by atoms with Gasteiger partial charge in [-0.1, -0.05) is 0 Å². The Hall–Kier alpha value is -2.68. The fourth-order valence-electron chi connectivity index (χ4n) is 1.94. The number of nitrogens with zero attached hydrogens (tertiary/aromatic N) is 1. The second-order valence-electron chi connectivity index (χ2n) is 4.57. The van der Waals surface area contributed by atoms with Crippen molar-refractivity contribution in [3.05, 3.63) is 53.1 Å². The molecule has 0 heterocycles. The summed E-state index contributed by atoms with van der Waals surface area (Å²) in [6, 6.07) is 10.1. The molecule has 21 heavy (non-hydrogen) atoms. The summed E-state index contributed by atoms with van der Waals surface area (Å²) < 4.78 is 38.7. The van der Waals surface area contributed by atoms with E-state index < -0.39 is 17.3 Å². The lowest BCUT2D eigenvalue weighted by atomic mass is 10.1. The van der Waals surface area contributed by atoms with Crippen molar-refractivity contribution in [3.8, 4) is 6.07 Å². The topological polar surface area (TPSA) is 61.8 Å². The van der Waals surface area contributed by atoms with E-state index in [2.05, 4.69) is 5.32 Å². The summed E-state index contributed by atoms with van der Waals surface area (Å²) in [6.07, 6.45) is -4.57. The van der Waals surface area contributed by atoms with Crippen LogP contribution in [0.1, 0.15) is 16.7 Å². The third-order valence-corrected chi connectivity index (χ3v) is 2.97. The molecule has 0 unspecified atom stereocenters. The summed E-state index contributed by atoms with van der Waals surface area (Å²) >= 11 is 0. The molecule has 0 aromatic heterocycles. The molecule has 0 atom stereocenters. The maximum atomic E-state index is 12.9. The van der Waals surface area contributed by atoms with Crippen molar-refractivity contribution in [2.24, 2.45) is 0 Å². The van der Waals surface area contributed by atoms with Gasteiger partial charge in [0, 0.05) is 17.1 Å². The minimum Gasteiger partial charge on any atom is -0.399 e. The van der Waals surface area contributed by atoms with Crippen LogP contribution in [0.2, 0.25) is 0 Å². The van der Waals surface area contributed by atoms with E-state index >= 15 is 0 Å². The van der Waals surface area contributed by atoms with Crippen LogP contribution in [0.25, 0.3) is 0 Å². The Kier molecular flexibility index (Phi) is 3.76. The second-order valence-corrected chi connectivity index (χ2v) is 4.57. The lowest BCUT2D eigenvalue weighted by Crippen LogP contribution is -2.08. The number of nitrogens with one attached hydrogen (secondary N) is 1. The fourth-order valence-corrected chi connectivity index (χ4v) is 1.94. The first-order valence-corrected chi connectivity index (χ1v) is 6.06. The molecule has 0 saturated carbocycles. The van der Waals surface area contributed by atoms with Crippen molar-refractivity contribution in [1.29, 1.82) is 5.26 Å². The molecule has 0 fully saturated rings. The largest absolute Gasteiger partial charge is 0.417 e. The Morgan fingerprint density at radius 2 is 1.86 bits per heavy atom. The summed E-state index contributed by atoms with van der Waals surface area (Å²) in [6.45, 7) is 1.80. The van der Waals surface area contributed by atoms with Crippen LogP contribution in [0.15, 0.2) is 36.4 Å². The number of nitriles is 1. The molecule has 3 N–H and O–H groups in total. The van der Waals surface area contributed by atoms with E-state index in [0.717, 1.165) is 17.7 Å². The zero-order valence-electron chi connectivity index (χ0n) is 11.1. The maximum absolute atomic E-state index is 12.9. The number of nitrogens with two attached hydrogens (primary N) is 1. The number of hydrogen-bond donors (Lipinski definition) is 2. The van der Waals surface area contributed by atoms with Crippen molar-refractivity contribution in [1.82, 2.24) is 0 Å². The first-order chi connectivity index (χ1) is 9.81. The summed E-state index contributed by atoms with van der Waals surface area (Å²) in [4.78, 5) is 0. The average Bonchev–Trinajstić information content (AvgIpc) is 2.41. The van der Waals surface area contributed by atoms with Gasteiger partial charge in [0.2, 0.25) is 0 Å². The number of anilines is 3. The molecule has 108 valence electrons. The summed E-state index contributed by atoms with van der Waals surface area (Å²) in [5.41, 5.74) is 6.57. The molecule has 2 aromatic rings. The Morgan fingerprint density at radius 3 is 2.43 bits per heavy atom. The molecule has 0 aliphatic rings. The standard InChI is InChI=1S/C15H12F3N3/c1-9-6-11(20)3-5-14(9)21-12-4-2-10(8-19)13(7-12)15(16,17)18/h2-7,21H,20H2,1H3. The molecule has 0 spiro atoms. The Labute approximate surface area is 119 Å². The molecular formula is C15H12F3N3. The van der Waals surface area contributed by atoms with Gasteiger partial charge in [0.1, 0.15) is 0 Å². The highest BCUT2D eigenvalue weighted by atomic mass is 19.4. The lowest BCUT2D eigenvalue weighted by Gasteiger charge is -2.14. The molecule has 3 nitrogen and oxygen atoms in total. The number of benzene rings is 2. The van der Waals surface area contributed by atoms with E-state index in [-0.39, 0.29) is 5.69 Å². The predicted molar refractivity (Wildman–Crippen MR) is 75.0 cm³/mol. The van der Waals surface area contributed by atoms with Crippen molar-refractivity contribution in [2.45, 2.75) is 13.1 Å². The van der Waals surface area contributed by atoms with Crippen LogP contribution in [-0.4, -0.2) is 0 Å². The molecule has 0 bridgehead atoms. The van der Waals surface area contributed by atoms with Crippen molar-refractivity contribution in [2.75, 3.05) is 11.1 Å². The van der Waals surface area contributed by atoms with E-state index in [1.165, 1.54) is 6.07 Å². The van der Waals surface area contributed by atoms with Gasteiger partial charge >= 0.3 is 6.18 Å². The number of hydrogen-bond acceptors (Lipinski definition) is 3. The highest BCUT2D eigenvalue weighted by Gasteiger charge is 2.33. The van der Waals surface area contributed by atoms with Gasteiger partial charge in [-0.2, -0.15) is 18.4 Å². The number of rotatable bonds is 2. The zero-order valence-corrected chi connectivity index (χ0v) is 11.1. The summed E-state index contributed by atoms with van der Waals surface area (Å²) in [7, 11) is 0. The summed E-state index contributed by atoms with van der Waals surface area (Å²) in [5, 5.41) is 11.7. The lowest BCUT2D eigenvalue weighted by molar-refractivity contribution is -0.137. The monoisotopic (exact) mass is 291 g/mol. The molecule has 0 radical (unpaired) electrons. The van der Waals surface area contributed by atoms with Gasteiger partial charge in [-0.25, -0.2) is 0 Å². The van der Waals surface area contributed by atoms with Gasteiger partial charge in [0.15, 0.2) is 0 Å². The van der Waals surface area contributed by atoms with Gasteiger partial charge in [-0.15, -0.1) is 0 Å². The minimum atomic E-state index is -4.57. The van der Waals surface area contributed by atoms with Crippen LogP contribution in [0, 0.1) is 18.3 Å². The predicted octanol–water partition coefficient (Wildman–Crippen LogP) is 4.21. The molecule has 0 amide bonds. The van der Waals surface area contributed by atoms with Crippen LogP contribution in [0.3, 0.4) is 0 Å². The molecule has 2 aromatic carbocycles. The molecule has 2 rings (SSSR count). The quantitative estimate of drug-likeness (QED) is 0.815. The van der Waals surface area contributed by atoms with Crippen molar-refractivity contribution in [3.63, 3.8) is 0 Å². The molecule has 0 aliphatic heterocycles. The fraction of sp³-hybridized carbons (Fsp3) is 0.133. The first-order valence-electron chi connectivity index (χ1n) is 6.06. The average molecular weight is 291 g/mol. The third-order valence-electron chi connectivity index (χ3n) is 2.97. The van der Waals surface area contributed by atoms with Gasteiger partial charge in [0.25, 0.3) is 0 Å². The van der Waals surface area contributed by atoms with E-state index in [1.807, 2.05) is 0 Å². The number of halogens is 3. The van der Waals surface area contributed by atoms with Crippen LogP contribution >= 0.6 is 0 Å². The van der Waals surface area contributed by atoms with Crippen molar-refractivity contribution < 1.29 is 13.2 Å². The van der Waals surface area contributed by atoms with Gasteiger partial charge in [0.05, 0.1) is 17.2 Å². The first kappa shape index (κ1) is 14.7. The van der Waals surface area contributed by atoms with E-state index in [0.29, 0.717) is 11.4 Å². The second kappa shape index (κ2) is 5.37. The molecule has 0 saturated heterocycles. The van der Waals surface area contributed by atoms with Gasteiger partial charge in [-0.3, -0.25) is 0 Å². The van der Waals surface area contributed by atoms with Crippen LogP contribution in [0.5, 0.6) is 0 Å². The van der Waals surface area contributed by atoms with Crippen molar-refractivity contribution >= 4 is 17.1 Å².